The van der Waals surface area contributed by atoms with Gasteiger partial charge < -0.3 is 10.6 Å². The van der Waals surface area contributed by atoms with Gasteiger partial charge in [-0.25, -0.2) is 4.79 Å². The van der Waals surface area contributed by atoms with Gasteiger partial charge in [-0.05, 0) is 39.9 Å². The highest BCUT2D eigenvalue weighted by atomic mass is 32.1. The van der Waals surface area contributed by atoms with Gasteiger partial charge in [0, 0.05) is 6.54 Å². The summed E-state index contributed by atoms with van der Waals surface area (Å²) in [5.41, 5.74) is 3.50. The molecule has 6 nitrogen and oxygen atoms in total. The molecule has 0 aliphatic carbocycles. The van der Waals surface area contributed by atoms with E-state index < -0.39 is 18.0 Å². The van der Waals surface area contributed by atoms with Crippen LogP contribution in [-0.4, -0.2) is 30.4 Å². The molecule has 1 aromatic heterocycles. The van der Waals surface area contributed by atoms with Gasteiger partial charge in [-0.3, -0.25) is 14.9 Å². The third kappa shape index (κ3) is 3.99. The van der Waals surface area contributed by atoms with E-state index in [0.717, 1.165) is 5.56 Å². The third-order valence-electron chi connectivity index (χ3n) is 3.79. The summed E-state index contributed by atoms with van der Waals surface area (Å²) in [4.78, 5) is 34.2. The highest BCUT2D eigenvalue weighted by Crippen LogP contribution is 2.22. The molecule has 1 aliphatic rings. The number of hydrogen-bond donors (Lipinski definition) is 3. The summed E-state index contributed by atoms with van der Waals surface area (Å²) in [5, 5.41) is 11.4. The Bertz CT molecular complexity index is 741. The van der Waals surface area contributed by atoms with Crippen molar-refractivity contribution >= 4 is 29.2 Å². The van der Waals surface area contributed by atoms with E-state index in [9.17, 15) is 14.4 Å². The van der Waals surface area contributed by atoms with Crippen LogP contribution in [0.4, 0.5) is 4.79 Å². The van der Waals surface area contributed by atoms with Gasteiger partial charge in [0.1, 0.15) is 6.04 Å². The van der Waals surface area contributed by atoms with E-state index in [1.54, 1.807) is 11.3 Å². The van der Waals surface area contributed by atoms with Crippen molar-refractivity contribution in [3.8, 4) is 11.1 Å². The third-order valence-corrected chi connectivity index (χ3v) is 4.48. The smallest absolute Gasteiger partial charge is 0.322 e. The Labute approximate surface area is 143 Å². The molecule has 0 bridgehead atoms. The minimum Gasteiger partial charge on any atom is -0.356 e. The summed E-state index contributed by atoms with van der Waals surface area (Å²) in [6.07, 6.45) is 0.660. The highest BCUT2D eigenvalue weighted by molar-refractivity contribution is 7.08. The summed E-state index contributed by atoms with van der Waals surface area (Å²) in [5.74, 6) is -0.716. The van der Waals surface area contributed by atoms with Gasteiger partial charge in [0.25, 0.3) is 5.91 Å². The van der Waals surface area contributed by atoms with Gasteiger partial charge in [-0.1, -0.05) is 24.3 Å². The van der Waals surface area contributed by atoms with Crippen molar-refractivity contribution in [2.24, 2.45) is 0 Å². The Morgan fingerprint density at radius 2 is 1.92 bits per heavy atom. The predicted octanol–water partition coefficient (Wildman–Crippen LogP) is 1.67. The molecule has 24 heavy (non-hydrogen) atoms. The van der Waals surface area contributed by atoms with Gasteiger partial charge in [0.15, 0.2) is 0 Å². The van der Waals surface area contributed by atoms with E-state index in [-0.39, 0.29) is 12.3 Å². The number of rotatable bonds is 6. The lowest BCUT2D eigenvalue weighted by Crippen LogP contribution is -2.36. The van der Waals surface area contributed by atoms with Crippen LogP contribution >= 0.6 is 11.3 Å². The molecule has 1 aliphatic heterocycles. The maximum absolute atomic E-state index is 11.8. The van der Waals surface area contributed by atoms with Gasteiger partial charge in [-0.15, -0.1) is 0 Å². The van der Waals surface area contributed by atoms with Crippen LogP contribution < -0.4 is 16.0 Å². The fraction of sp³-hybridized carbons (Fsp3) is 0.235. The second kappa shape index (κ2) is 7.27. The standard InChI is InChI=1S/C17H17N3O3S/c21-15(9-14-16(22)20-17(23)19-14)18-7-5-11-1-3-12(4-2-11)13-6-8-24-10-13/h1-4,6,8,10,14H,5,7,9H2,(H,18,21)(H2,19,20,22,23). The van der Waals surface area contributed by atoms with Crippen LogP contribution in [0, 0.1) is 0 Å². The van der Waals surface area contributed by atoms with Crippen molar-refractivity contribution in [3.05, 3.63) is 46.7 Å². The summed E-state index contributed by atoms with van der Waals surface area (Å²) in [6.45, 7) is 0.485. The van der Waals surface area contributed by atoms with Gasteiger partial charge in [0.05, 0.1) is 6.42 Å². The Hall–Kier alpha value is -2.67. The number of benzene rings is 1. The predicted molar refractivity (Wildman–Crippen MR) is 91.5 cm³/mol. The molecule has 7 heteroatoms. The van der Waals surface area contributed by atoms with E-state index >= 15 is 0 Å². The number of urea groups is 1. The molecule has 4 amide bonds. The van der Waals surface area contributed by atoms with Crippen LogP contribution in [-0.2, 0) is 16.0 Å². The van der Waals surface area contributed by atoms with Crippen LogP contribution in [0.25, 0.3) is 11.1 Å². The Balaban J connectivity index is 1.44. The summed E-state index contributed by atoms with van der Waals surface area (Å²) in [7, 11) is 0. The zero-order valence-electron chi connectivity index (χ0n) is 12.9. The summed E-state index contributed by atoms with van der Waals surface area (Å²) >= 11 is 1.67. The molecule has 0 radical (unpaired) electrons. The number of imide groups is 1. The zero-order valence-corrected chi connectivity index (χ0v) is 13.7. The van der Waals surface area contributed by atoms with Crippen molar-refractivity contribution < 1.29 is 14.4 Å². The molecule has 3 N–H and O–H groups in total. The molecule has 1 saturated heterocycles. The SMILES string of the molecule is O=C(CC1NC(=O)NC1=O)NCCc1ccc(-c2ccsc2)cc1. The van der Waals surface area contributed by atoms with Crippen LogP contribution in [0.3, 0.4) is 0 Å². The van der Waals surface area contributed by atoms with Gasteiger partial charge >= 0.3 is 6.03 Å². The maximum Gasteiger partial charge on any atom is 0.322 e. The first kappa shape index (κ1) is 16.2. The van der Waals surface area contributed by atoms with E-state index in [4.69, 9.17) is 0 Å². The molecule has 0 saturated carbocycles. The zero-order chi connectivity index (χ0) is 16.9. The average Bonchev–Trinajstić information content (AvgIpc) is 3.18. The van der Waals surface area contributed by atoms with Gasteiger partial charge in [-0.2, -0.15) is 11.3 Å². The fourth-order valence-corrected chi connectivity index (χ4v) is 3.16. The van der Waals surface area contributed by atoms with E-state index in [1.165, 1.54) is 11.1 Å². The van der Waals surface area contributed by atoms with Crippen molar-refractivity contribution in [3.63, 3.8) is 0 Å². The number of thiophene rings is 1. The molecule has 1 aromatic carbocycles. The summed E-state index contributed by atoms with van der Waals surface area (Å²) in [6, 6.07) is 8.98. The number of amides is 4. The molecule has 2 aromatic rings. The second-order valence-electron chi connectivity index (χ2n) is 5.53. The number of carbonyl (C=O) groups is 3. The highest BCUT2D eigenvalue weighted by Gasteiger charge is 2.30. The molecular weight excluding hydrogens is 326 g/mol. The molecule has 3 rings (SSSR count). The Morgan fingerprint density at radius 3 is 2.54 bits per heavy atom. The average molecular weight is 343 g/mol. The lowest BCUT2D eigenvalue weighted by Gasteiger charge is -2.08. The van der Waals surface area contributed by atoms with Crippen molar-refractivity contribution in [1.29, 1.82) is 0 Å². The van der Waals surface area contributed by atoms with Crippen molar-refractivity contribution in [2.75, 3.05) is 6.54 Å². The molecule has 124 valence electrons. The normalized spacial score (nSPS) is 16.6. The maximum atomic E-state index is 11.8. The Morgan fingerprint density at radius 1 is 1.12 bits per heavy atom. The van der Waals surface area contributed by atoms with Crippen molar-refractivity contribution in [1.82, 2.24) is 16.0 Å². The first-order valence-electron chi connectivity index (χ1n) is 7.61. The first-order valence-corrected chi connectivity index (χ1v) is 8.55. The Kier molecular flexibility index (Phi) is 4.90. The topological polar surface area (TPSA) is 87.3 Å². The van der Waals surface area contributed by atoms with E-state index in [1.807, 2.05) is 17.5 Å². The lowest BCUT2D eigenvalue weighted by molar-refractivity contribution is -0.126. The molecule has 2 heterocycles. The van der Waals surface area contributed by atoms with Crippen molar-refractivity contribution in [2.45, 2.75) is 18.9 Å². The van der Waals surface area contributed by atoms with E-state index in [0.29, 0.717) is 13.0 Å². The lowest BCUT2D eigenvalue weighted by atomic mass is 10.1. The van der Waals surface area contributed by atoms with Gasteiger partial charge in [0.2, 0.25) is 5.91 Å². The molecule has 1 fully saturated rings. The first-order chi connectivity index (χ1) is 11.6. The number of nitrogens with one attached hydrogen (secondary N) is 3. The fourth-order valence-electron chi connectivity index (χ4n) is 2.50. The van der Waals surface area contributed by atoms with Crippen LogP contribution in [0.5, 0.6) is 0 Å². The summed E-state index contributed by atoms with van der Waals surface area (Å²) < 4.78 is 0. The van der Waals surface area contributed by atoms with Crippen LogP contribution in [0.15, 0.2) is 41.1 Å². The quantitative estimate of drug-likeness (QED) is 0.697. The molecule has 1 unspecified atom stereocenters. The molecule has 0 spiro atoms. The largest absolute Gasteiger partial charge is 0.356 e. The minimum atomic E-state index is -0.776. The van der Waals surface area contributed by atoms with Crippen LogP contribution in [0.2, 0.25) is 0 Å². The second-order valence-corrected chi connectivity index (χ2v) is 6.31. The number of carbonyl (C=O) groups excluding carboxylic acids is 3. The van der Waals surface area contributed by atoms with E-state index in [2.05, 4.69) is 39.5 Å². The minimum absolute atomic E-state index is 0.0470. The van der Waals surface area contributed by atoms with Crippen LogP contribution in [0.1, 0.15) is 12.0 Å². The number of hydrogen-bond acceptors (Lipinski definition) is 4. The monoisotopic (exact) mass is 343 g/mol. The molecular formula is C17H17N3O3S. The molecule has 1 atom stereocenters.